The number of aromatic nitrogens is 1. The molecule has 0 bridgehead atoms. The second-order valence-electron chi connectivity index (χ2n) is 12.3. The average molecular weight is 481 g/mol. The minimum absolute atomic E-state index is 0.00286. The maximum absolute atomic E-state index is 13.1. The predicted octanol–water partition coefficient (Wildman–Crippen LogP) is 6.84. The second kappa shape index (κ2) is 10.6. The molecule has 192 valence electrons. The highest BCUT2D eigenvalue weighted by Gasteiger charge is 2.25. The Bertz CT molecular complexity index is 1030. The second-order valence-corrected chi connectivity index (χ2v) is 12.3. The average Bonchev–Trinajstić information content (AvgIpc) is 3.09. The van der Waals surface area contributed by atoms with Gasteiger partial charge in [-0.15, -0.1) is 0 Å². The molecule has 2 aromatic rings. The predicted molar refractivity (Wildman–Crippen MR) is 143 cm³/mol. The molecule has 5 nitrogen and oxygen atoms in total. The zero-order valence-electron chi connectivity index (χ0n) is 22.8. The van der Waals surface area contributed by atoms with Gasteiger partial charge in [0.05, 0.1) is 12.0 Å². The third-order valence-corrected chi connectivity index (χ3v) is 7.36. The molecule has 0 radical (unpaired) electrons. The topological polar surface area (TPSA) is 71.3 Å². The summed E-state index contributed by atoms with van der Waals surface area (Å²) in [6.07, 6.45) is 6.24. The highest BCUT2D eigenvalue weighted by atomic mass is 16.4. The lowest BCUT2D eigenvalue weighted by Gasteiger charge is -2.27. The van der Waals surface area contributed by atoms with E-state index >= 15 is 0 Å². The van der Waals surface area contributed by atoms with E-state index in [1.54, 1.807) is 0 Å². The fourth-order valence-electron chi connectivity index (χ4n) is 5.00. The van der Waals surface area contributed by atoms with E-state index in [-0.39, 0.29) is 29.7 Å². The Labute approximate surface area is 211 Å². The van der Waals surface area contributed by atoms with Crippen molar-refractivity contribution in [3.8, 4) is 11.3 Å². The molecule has 2 N–H and O–H groups in total. The summed E-state index contributed by atoms with van der Waals surface area (Å²) in [6.45, 7) is 16.5. The van der Waals surface area contributed by atoms with E-state index < -0.39 is 5.97 Å². The monoisotopic (exact) mass is 480 g/mol. The van der Waals surface area contributed by atoms with Crippen LogP contribution in [0.25, 0.3) is 11.3 Å². The molecule has 0 unspecified atom stereocenters. The molecule has 1 saturated carbocycles. The molecule has 0 spiro atoms. The van der Waals surface area contributed by atoms with Crippen molar-refractivity contribution in [3.05, 3.63) is 46.6 Å². The van der Waals surface area contributed by atoms with Gasteiger partial charge in [0.1, 0.15) is 0 Å². The number of aliphatic carboxylic acids is 1. The van der Waals surface area contributed by atoms with E-state index in [0.29, 0.717) is 11.5 Å². The molecule has 1 heterocycles. The number of carboxylic acid groups (broad SMARTS) is 1. The maximum Gasteiger partial charge on any atom is 0.305 e. The SMILES string of the molecule is Cc1c(C(=O)NCCC(=O)O)cc(-c2cc(C(C)(C)C)cc(C(C)(C)C)c2)n1CC1CCCCC1. The van der Waals surface area contributed by atoms with Gasteiger partial charge in [0.25, 0.3) is 5.91 Å². The van der Waals surface area contributed by atoms with Crippen molar-refractivity contribution in [3.63, 3.8) is 0 Å². The maximum atomic E-state index is 13.1. The highest BCUT2D eigenvalue weighted by molar-refractivity contribution is 5.97. The normalized spacial score (nSPS) is 15.3. The Kier molecular flexibility index (Phi) is 8.18. The van der Waals surface area contributed by atoms with Crippen molar-refractivity contribution < 1.29 is 14.7 Å². The van der Waals surface area contributed by atoms with E-state index in [0.717, 1.165) is 23.5 Å². The molecule has 1 aliphatic carbocycles. The number of nitrogens with one attached hydrogen (secondary N) is 1. The lowest BCUT2D eigenvalue weighted by atomic mass is 9.79. The summed E-state index contributed by atoms with van der Waals surface area (Å²) in [4.78, 5) is 24.0. The number of carboxylic acids is 1. The van der Waals surface area contributed by atoms with E-state index in [4.69, 9.17) is 5.11 Å². The molecule has 1 aromatic carbocycles. The quantitative estimate of drug-likeness (QED) is 0.455. The van der Waals surface area contributed by atoms with Gasteiger partial charge in [-0.05, 0) is 71.4 Å². The first-order valence-corrected chi connectivity index (χ1v) is 13.1. The van der Waals surface area contributed by atoms with Crippen LogP contribution in [-0.4, -0.2) is 28.1 Å². The van der Waals surface area contributed by atoms with Crippen LogP contribution in [0.15, 0.2) is 24.3 Å². The van der Waals surface area contributed by atoms with Crippen LogP contribution < -0.4 is 5.32 Å². The lowest BCUT2D eigenvalue weighted by molar-refractivity contribution is -0.136. The lowest BCUT2D eigenvalue weighted by Crippen LogP contribution is -2.26. The van der Waals surface area contributed by atoms with Crippen molar-refractivity contribution in [2.24, 2.45) is 5.92 Å². The smallest absolute Gasteiger partial charge is 0.305 e. The zero-order valence-corrected chi connectivity index (χ0v) is 22.8. The number of hydrogen-bond donors (Lipinski definition) is 2. The highest BCUT2D eigenvalue weighted by Crippen LogP contribution is 2.36. The summed E-state index contributed by atoms with van der Waals surface area (Å²) < 4.78 is 2.34. The molecule has 1 aliphatic rings. The number of benzene rings is 1. The molecule has 0 saturated heterocycles. The van der Waals surface area contributed by atoms with Gasteiger partial charge in [0.15, 0.2) is 0 Å². The van der Waals surface area contributed by atoms with Gasteiger partial charge in [-0.1, -0.05) is 66.9 Å². The minimum Gasteiger partial charge on any atom is -0.481 e. The molecule has 5 heteroatoms. The Hall–Kier alpha value is -2.56. The number of rotatable bonds is 7. The summed E-state index contributed by atoms with van der Waals surface area (Å²) in [6, 6.07) is 8.91. The largest absolute Gasteiger partial charge is 0.481 e. The molecular formula is C30H44N2O3. The van der Waals surface area contributed by atoms with Crippen molar-refractivity contribution in [2.75, 3.05) is 6.54 Å². The number of amides is 1. The van der Waals surface area contributed by atoms with Gasteiger partial charge in [-0.3, -0.25) is 9.59 Å². The fraction of sp³-hybridized carbons (Fsp3) is 0.600. The number of hydrogen-bond acceptors (Lipinski definition) is 2. The summed E-state index contributed by atoms with van der Waals surface area (Å²) in [5.41, 5.74) is 6.40. The van der Waals surface area contributed by atoms with Gasteiger partial charge in [0, 0.05) is 24.5 Å². The van der Waals surface area contributed by atoms with Crippen LogP contribution in [0.5, 0.6) is 0 Å². The molecule has 1 amide bonds. The summed E-state index contributed by atoms with van der Waals surface area (Å²) in [5.74, 6) is -0.494. The van der Waals surface area contributed by atoms with Crippen molar-refractivity contribution in [2.45, 2.75) is 104 Å². The van der Waals surface area contributed by atoms with Gasteiger partial charge in [0.2, 0.25) is 0 Å². The van der Waals surface area contributed by atoms with Gasteiger partial charge >= 0.3 is 5.97 Å². The zero-order chi connectivity index (χ0) is 26.0. The summed E-state index contributed by atoms with van der Waals surface area (Å²) in [7, 11) is 0. The third-order valence-electron chi connectivity index (χ3n) is 7.36. The number of carbonyl (C=O) groups excluding carboxylic acids is 1. The molecule has 3 rings (SSSR count). The van der Waals surface area contributed by atoms with Crippen LogP contribution in [0.2, 0.25) is 0 Å². The van der Waals surface area contributed by atoms with Crippen molar-refractivity contribution in [1.82, 2.24) is 9.88 Å². The first-order valence-electron chi connectivity index (χ1n) is 13.1. The molecule has 1 fully saturated rings. The van der Waals surface area contributed by atoms with Crippen LogP contribution in [-0.2, 0) is 22.2 Å². The molecular weight excluding hydrogens is 436 g/mol. The Balaban J connectivity index is 2.11. The summed E-state index contributed by atoms with van der Waals surface area (Å²) in [5, 5.41) is 11.8. The van der Waals surface area contributed by atoms with Crippen LogP contribution in [0.3, 0.4) is 0 Å². The first kappa shape index (κ1) is 27.0. The minimum atomic E-state index is -0.911. The van der Waals surface area contributed by atoms with Gasteiger partial charge in [-0.2, -0.15) is 0 Å². The first-order chi connectivity index (χ1) is 16.3. The molecule has 1 aromatic heterocycles. The standard InChI is InChI=1S/C30H44N2O3/c1-20-25(28(35)31-14-13-27(33)34)18-26(32(20)19-21-11-9-8-10-12-21)22-15-23(29(2,3)4)17-24(16-22)30(5,6)7/h15-18,21H,8-14,19H2,1-7H3,(H,31,35)(H,33,34). The Morgan fingerprint density at radius 2 is 1.51 bits per heavy atom. The fourth-order valence-corrected chi connectivity index (χ4v) is 5.00. The third kappa shape index (κ3) is 6.77. The van der Waals surface area contributed by atoms with Crippen LogP contribution in [0.1, 0.15) is 107 Å². The molecule has 0 aliphatic heterocycles. The van der Waals surface area contributed by atoms with E-state index in [2.05, 4.69) is 69.6 Å². The van der Waals surface area contributed by atoms with E-state index in [9.17, 15) is 9.59 Å². The van der Waals surface area contributed by atoms with E-state index in [1.165, 1.54) is 43.2 Å². The number of nitrogens with zero attached hydrogens (tertiary/aromatic N) is 1. The Morgan fingerprint density at radius 3 is 2.03 bits per heavy atom. The molecule has 0 atom stereocenters. The Morgan fingerprint density at radius 1 is 0.943 bits per heavy atom. The van der Waals surface area contributed by atoms with Crippen LogP contribution in [0.4, 0.5) is 0 Å². The summed E-state index contributed by atoms with van der Waals surface area (Å²) >= 11 is 0. The van der Waals surface area contributed by atoms with Crippen LogP contribution in [0, 0.1) is 12.8 Å². The van der Waals surface area contributed by atoms with Crippen molar-refractivity contribution >= 4 is 11.9 Å². The van der Waals surface area contributed by atoms with Crippen molar-refractivity contribution in [1.29, 1.82) is 0 Å². The van der Waals surface area contributed by atoms with Crippen LogP contribution >= 0.6 is 0 Å². The molecule has 35 heavy (non-hydrogen) atoms. The van der Waals surface area contributed by atoms with Gasteiger partial charge < -0.3 is 15.0 Å². The number of carbonyl (C=O) groups is 2. The van der Waals surface area contributed by atoms with E-state index in [1.807, 2.05) is 13.0 Å². The van der Waals surface area contributed by atoms with Gasteiger partial charge in [-0.25, -0.2) is 0 Å².